The molecule has 0 amide bonds. The summed E-state index contributed by atoms with van der Waals surface area (Å²) in [6.07, 6.45) is 0.728. The van der Waals surface area contributed by atoms with Crippen molar-refractivity contribution in [3.63, 3.8) is 0 Å². The normalized spacial score (nSPS) is 10.9. The van der Waals surface area contributed by atoms with Crippen molar-refractivity contribution in [1.29, 1.82) is 0 Å². The Morgan fingerprint density at radius 1 is 1.25 bits per heavy atom. The van der Waals surface area contributed by atoms with Crippen LogP contribution in [0, 0.1) is 12.7 Å². The molecule has 3 aromatic rings. The van der Waals surface area contributed by atoms with Gasteiger partial charge in [0.2, 0.25) is 0 Å². The van der Waals surface area contributed by atoms with Crippen LogP contribution in [-0.2, 0) is 0 Å². The minimum atomic E-state index is -0.458. The maximum atomic E-state index is 13.5. The van der Waals surface area contributed by atoms with Gasteiger partial charge in [-0.1, -0.05) is 35.4 Å². The highest BCUT2D eigenvalue weighted by Crippen LogP contribution is 2.33. The molecule has 0 aliphatic carbocycles. The molecule has 1 N–H and O–H groups in total. The van der Waals surface area contributed by atoms with E-state index in [-0.39, 0.29) is 5.02 Å². The first kappa shape index (κ1) is 12.9. The molecule has 0 saturated heterocycles. The topological polar surface area (TPSA) is 32.9 Å². The maximum absolute atomic E-state index is 13.5. The van der Waals surface area contributed by atoms with E-state index in [9.17, 15) is 9.18 Å². The van der Waals surface area contributed by atoms with E-state index in [0.29, 0.717) is 22.2 Å². The van der Waals surface area contributed by atoms with E-state index in [1.54, 1.807) is 0 Å². The minimum absolute atomic E-state index is 0.266. The second kappa shape index (κ2) is 4.76. The fourth-order valence-electron chi connectivity index (χ4n) is 2.39. The van der Waals surface area contributed by atoms with Crippen molar-refractivity contribution in [3.05, 3.63) is 58.4 Å². The Hall–Kier alpha value is -2.13. The first-order valence-electron chi connectivity index (χ1n) is 6.13. The molecule has 2 aromatic carbocycles. The van der Waals surface area contributed by atoms with Gasteiger partial charge in [-0.2, -0.15) is 0 Å². The number of halogens is 2. The first-order valence-corrected chi connectivity index (χ1v) is 6.51. The molecule has 100 valence electrons. The number of benzene rings is 2. The quantitative estimate of drug-likeness (QED) is 0.678. The highest BCUT2D eigenvalue weighted by Gasteiger charge is 2.15. The van der Waals surface area contributed by atoms with Crippen LogP contribution < -0.4 is 0 Å². The summed E-state index contributed by atoms with van der Waals surface area (Å²) in [5, 5.41) is 0.767. The number of rotatable bonds is 2. The van der Waals surface area contributed by atoms with Gasteiger partial charge in [0.25, 0.3) is 0 Å². The van der Waals surface area contributed by atoms with Crippen LogP contribution >= 0.6 is 11.6 Å². The summed E-state index contributed by atoms with van der Waals surface area (Å²) in [5.41, 5.74) is 3.61. The van der Waals surface area contributed by atoms with Gasteiger partial charge in [-0.25, -0.2) is 4.39 Å². The van der Waals surface area contributed by atoms with Crippen LogP contribution in [-0.4, -0.2) is 11.3 Å². The molecule has 3 rings (SSSR count). The van der Waals surface area contributed by atoms with Crippen LogP contribution in [0.2, 0.25) is 5.02 Å². The highest BCUT2D eigenvalue weighted by atomic mass is 35.5. The average Bonchev–Trinajstić information content (AvgIpc) is 2.77. The Morgan fingerprint density at radius 3 is 2.75 bits per heavy atom. The monoisotopic (exact) mass is 287 g/mol. The van der Waals surface area contributed by atoms with Gasteiger partial charge in [0.05, 0.1) is 16.2 Å². The maximum Gasteiger partial charge on any atom is 0.152 e. The number of hydrogen-bond acceptors (Lipinski definition) is 1. The largest absolute Gasteiger partial charge is 0.353 e. The Balaban J connectivity index is 2.37. The van der Waals surface area contributed by atoms with E-state index in [0.717, 1.165) is 17.4 Å². The van der Waals surface area contributed by atoms with Crippen molar-refractivity contribution in [2.75, 3.05) is 0 Å². The second-order valence-corrected chi connectivity index (χ2v) is 5.12. The van der Waals surface area contributed by atoms with Gasteiger partial charge in [0.1, 0.15) is 5.82 Å². The minimum Gasteiger partial charge on any atom is -0.353 e. The fourth-order valence-corrected chi connectivity index (χ4v) is 2.64. The number of H-pyrrole nitrogens is 1. The molecule has 0 aliphatic rings. The molecule has 1 heterocycles. The Bertz CT molecular complexity index is 823. The van der Waals surface area contributed by atoms with E-state index in [2.05, 4.69) is 4.98 Å². The summed E-state index contributed by atoms with van der Waals surface area (Å²) in [5.74, 6) is -0.458. The Labute approximate surface area is 120 Å². The Morgan fingerprint density at radius 2 is 2.05 bits per heavy atom. The van der Waals surface area contributed by atoms with Crippen LogP contribution in [0.3, 0.4) is 0 Å². The van der Waals surface area contributed by atoms with Crippen LogP contribution in [0.15, 0.2) is 36.4 Å². The third-order valence-corrected chi connectivity index (χ3v) is 3.59. The number of aldehydes is 1. The zero-order valence-corrected chi connectivity index (χ0v) is 11.5. The van der Waals surface area contributed by atoms with Crippen molar-refractivity contribution < 1.29 is 9.18 Å². The van der Waals surface area contributed by atoms with Gasteiger partial charge in [0.15, 0.2) is 6.29 Å². The molecule has 20 heavy (non-hydrogen) atoms. The smallest absolute Gasteiger partial charge is 0.152 e. The summed E-state index contributed by atoms with van der Waals surface area (Å²) < 4.78 is 13.5. The summed E-state index contributed by atoms with van der Waals surface area (Å²) in [7, 11) is 0. The molecule has 0 radical (unpaired) electrons. The van der Waals surface area contributed by atoms with E-state index in [1.807, 2.05) is 31.2 Å². The molecule has 0 atom stereocenters. The second-order valence-electron chi connectivity index (χ2n) is 4.71. The fraction of sp³-hybridized carbons (Fsp3) is 0.0625. The molecule has 0 aliphatic heterocycles. The van der Waals surface area contributed by atoms with Crippen molar-refractivity contribution in [2.45, 2.75) is 6.92 Å². The number of hydrogen-bond donors (Lipinski definition) is 1. The lowest BCUT2D eigenvalue weighted by molar-refractivity contribution is 0.112. The Kier molecular flexibility index (Phi) is 3.07. The van der Waals surface area contributed by atoms with Gasteiger partial charge in [-0.3, -0.25) is 4.79 Å². The average molecular weight is 288 g/mol. The van der Waals surface area contributed by atoms with Crippen molar-refractivity contribution >= 4 is 28.8 Å². The van der Waals surface area contributed by atoms with Gasteiger partial charge in [-0.15, -0.1) is 0 Å². The summed E-state index contributed by atoms with van der Waals surface area (Å²) in [6, 6.07) is 10.3. The zero-order chi connectivity index (χ0) is 14.3. The molecule has 0 saturated carbocycles. The SMILES string of the molecule is Cc1cccc(-c2[nH]c3c(Cl)cc(F)cc3c2C=O)c1. The van der Waals surface area contributed by atoms with E-state index in [1.165, 1.54) is 12.1 Å². The van der Waals surface area contributed by atoms with Crippen molar-refractivity contribution in [3.8, 4) is 11.3 Å². The summed E-state index contributed by atoms with van der Waals surface area (Å²) in [4.78, 5) is 14.5. The molecular weight excluding hydrogens is 277 g/mol. The lowest BCUT2D eigenvalue weighted by Crippen LogP contribution is -1.85. The number of aromatic amines is 1. The first-order chi connectivity index (χ1) is 9.60. The van der Waals surface area contributed by atoms with Gasteiger partial charge >= 0.3 is 0 Å². The zero-order valence-electron chi connectivity index (χ0n) is 10.7. The third-order valence-electron chi connectivity index (χ3n) is 3.29. The number of aromatic nitrogens is 1. The molecule has 0 bridgehead atoms. The molecule has 0 spiro atoms. The number of carbonyl (C=O) groups is 1. The third kappa shape index (κ3) is 2.00. The number of fused-ring (bicyclic) bond motifs is 1. The van der Waals surface area contributed by atoms with Crippen LogP contribution in [0.5, 0.6) is 0 Å². The van der Waals surface area contributed by atoms with Gasteiger partial charge < -0.3 is 4.98 Å². The molecule has 1 aromatic heterocycles. The van der Waals surface area contributed by atoms with Crippen molar-refractivity contribution in [1.82, 2.24) is 4.98 Å². The summed E-state index contributed by atoms with van der Waals surface area (Å²) in [6.45, 7) is 1.97. The van der Waals surface area contributed by atoms with Crippen LogP contribution in [0.1, 0.15) is 15.9 Å². The standard InChI is InChI=1S/C16H11ClFNO/c1-9-3-2-4-10(5-9)15-13(8-20)12-6-11(18)7-14(17)16(12)19-15/h2-8,19H,1H3. The highest BCUT2D eigenvalue weighted by molar-refractivity contribution is 6.35. The predicted molar refractivity (Wildman–Crippen MR) is 78.8 cm³/mol. The number of carbonyl (C=O) groups excluding carboxylic acids is 1. The molecule has 0 fully saturated rings. The number of nitrogens with one attached hydrogen (secondary N) is 1. The number of aryl methyl sites for hydroxylation is 1. The molecule has 4 heteroatoms. The lowest BCUT2D eigenvalue weighted by atomic mass is 10.0. The van der Waals surface area contributed by atoms with Crippen LogP contribution in [0.25, 0.3) is 22.2 Å². The molecule has 0 unspecified atom stereocenters. The lowest BCUT2D eigenvalue weighted by Gasteiger charge is -2.01. The molecule has 2 nitrogen and oxygen atoms in total. The van der Waals surface area contributed by atoms with Crippen molar-refractivity contribution in [2.24, 2.45) is 0 Å². The van der Waals surface area contributed by atoms with Gasteiger partial charge in [0, 0.05) is 10.9 Å². The van der Waals surface area contributed by atoms with E-state index >= 15 is 0 Å². The van der Waals surface area contributed by atoms with Gasteiger partial charge in [-0.05, 0) is 30.7 Å². The summed E-state index contributed by atoms with van der Waals surface area (Å²) >= 11 is 6.04. The predicted octanol–water partition coefficient (Wildman–Crippen LogP) is 4.75. The van der Waals surface area contributed by atoms with E-state index in [4.69, 9.17) is 11.6 Å². The van der Waals surface area contributed by atoms with Crippen LogP contribution in [0.4, 0.5) is 4.39 Å². The van der Waals surface area contributed by atoms with E-state index < -0.39 is 5.82 Å². The molecular formula is C16H11ClFNO.